The number of benzene rings is 1. The maximum atomic E-state index is 9.01. The normalized spacial score (nSPS) is 9.94. The van der Waals surface area contributed by atoms with Crippen LogP contribution < -0.4 is 4.90 Å². The summed E-state index contributed by atoms with van der Waals surface area (Å²) in [5, 5.41) is 17.5. The van der Waals surface area contributed by atoms with Crippen LogP contribution in [0.3, 0.4) is 0 Å². The maximum absolute atomic E-state index is 9.01. The lowest BCUT2D eigenvalue weighted by molar-refractivity contribution is 0.879. The lowest BCUT2D eigenvalue weighted by Crippen LogP contribution is -2.17. The van der Waals surface area contributed by atoms with Gasteiger partial charge in [0.15, 0.2) is 0 Å². The molecule has 0 spiro atoms. The number of aromatic nitrogens is 2. The first-order valence-electron chi connectivity index (χ1n) is 4.89. The highest BCUT2D eigenvalue weighted by Crippen LogP contribution is 2.22. The number of anilines is 1. The van der Waals surface area contributed by atoms with Gasteiger partial charge in [-0.15, -0.1) is 10.2 Å². The fourth-order valence-corrected chi connectivity index (χ4v) is 2.41. The minimum absolute atomic E-state index is 0.432. The number of nitriles is 1. The van der Waals surface area contributed by atoms with Crippen LogP contribution in [-0.4, -0.2) is 17.2 Å². The van der Waals surface area contributed by atoms with E-state index in [1.807, 2.05) is 30.1 Å². The molecule has 0 aliphatic heterocycles. The summed E-state index contributed by atoms with van der Waals surface area (Å²) in [5.41, 5.74) is 1.52. The highest BCUT2D eigenvalue weighted by Gasteiger charge is 2.09. The minimum atomic E-state index is 0.432. The van der Waals surface area contributed by atoms with Gasteiger partial charge in [-0.25, -0.2) is 0 Å². The molecule has 1 aromatic carbocycles. The van der Waals surface area contributed by atoms with Crippen LogP contribution in [-0.2, 0) is 6.54 Å². The number of nitrogens with zero attached hydrogens (tertiary/aromatic N) is 4. The fourth-order valence-electron chi connectivity index (χ4n) is 1.49. The number of rotatable bonds is 3. The molecule has 0 aliphatic carbocycles. The largest absolute Gasteiger partial charge is 0.367 e. The van der Waals surface area contributed by atoms with Crippen molar-refractivity contribution in [1.29, 1.82) is 5.26 Å². The summed E-state index contributed by atoms with van der Waals surface area (Å²) in [6.45, 7) is 0.586. The number of halogens is 1. The van der Waals surface area contributed by atoms with Crippen molar-refractivity contribution >= 4 is 28.6 Å². The van der Waals surface area contributed by atoms with Gasteiger partial charge in [0.25, 0.3) is 0 Å². The lowest BCUT2D eigenvalue weighted by Gasteiger charge is -2.18. The van der Waals surface area contributed by atoms with Gasteiger partial charge in [0.05, 0.1) is 17.8 Å². The molecule has 17 heavy (non-hydrogen) atoms. The molecule has 6 heteroatoms. The van der Waals surface area contributed by atoms with Crippen LogP contribution in [0.4, 0.5) is 5.69 Å². The smallest absolute Gasteiger partial charge is 0.207 e. The molecule has 0 unspecified atom stereocenters. The summed E-state index contributed by atoms with van der Waals surface area (Å²) in [7, 11) is 1.91. The Balaban J connectivity index is 2.20. The molecule has 0 radical (unpaired) electrons. The molecule has 0 atom stereocenters. The van der Waals surface area contributed by atoms with Gasteiger partial charge in [-0.1, -0.05) is 23.5 Å². The summed E-state index contributed by atoms with van der Waals surface area (Å²) in [6, 6.07) is 9.61. The zero-order chi connectivity index (χ0) is 12.3. The molecule has 0 fully saturated rings. The van der Waals surface area contributed by atoms with E-state index in [9.17, 15) is 0 Å². The predicted molar refractivity (Wildman–Crippen MR) is 68.2 cm³/mol. The Labute approximate surface area is 108 Å². The van der Waals surface area contributed by atoms with E-state index in [1.165, 1.54) is 11.3 Å². The summed E-state index contributed by atoms with van der Waals surface area (Å²) < 4.78 is 0.432. The van der Waals surface area contributed by atoms with Crippen molar-refractivity contribution in [3.8, 4) is 6.07 Å². The first-order chi connectivity index (χ1) is 8.20. The van der Waals surface area contributed by atoms with E-state index in [2.05, 4.69) is 16.3 Å². The monoisotopic (exact) mass is 264 g/mol. The third kappa shape index (κ3) is 2.73. The lowest BCUT2D eigenvalue weighted by atomic mass is 10.2. The van der Waals surface area contributed by atoms with Gasteiger partial charge in [-0.2, -0.15) is 5.26 Å². The average molecular weight is 265 g/mol. The number of hydrogen-bond donors (Lipinski definition) is 0. The van der Waals surface area contributed by atoms with Gasteiger partial charge in [0.2, 0.25) is 4.47 Å². The molecule has 0 bridgehead atoms. The van der Waals surface area contributed by atoms with Gasteiger partial charge in [-0.05, 0) is 23.7 Å². The van der Waals surface area contributed by atoms with Gasteiger partial charge in [-0.3, -0.25) is 0 Å². The third-order valence-electron chi connectivity index (χ3n) is 2.25. The van der Waals surface area contributed by atoms with Crippen LogP contribution in [0.15, 0.2) is 24.3 Å². The van der Waals surface area contributed by atoms with Gasteiger partial charge in [0, 0.05) is 7.05 Å². The molecular formula is C11H9ClN4S. The van der Waals surface area contributed by atoms with Crippen LogP contribution >= 0.6 is 22.9 Å². The molecule has 86 valence electrons. The molecule has 4 nitrogen and oxygen atoms in total. The van der Waals surface area contributed by atoms with E-state index >= 15 is 0 Å². The second kappa shape index (κ2) is 5.13. The Hall–Kier alpha value is -1.64. The van der Waals surface area contributed by atoms with Crippen LogP contribution in [0.25, 0.3) is 0 Å². The second-order valence-corrected chi connectivity index (χ2v) is 5.08. The van der Waals surface area contributed by atoms with Crippen LogP contribution in [0, 0.1) is 11.3 Å². The predicted octanol–water partition coefficient (Wildman–Crippen LogP) is 2.70. The third-order valence-corrected chi connectivity index (χ3v) is 3.25. The molecule has 1 heterocycles. The standard InChI is InChI=1S/C11H9ClN4S/c1-16(7-10-14-15-11(12)17-10)9-5-3-2-4-8(9)6-13/h2-5H,7H2,1H3. The molecule has 0 N–H and O–H groups in total. The van der Waals surface area contributed by atoms with Gasteiger partial charge < -0.3 is 4.90 Å². The highest BCUT2D eigenvalue weighted by atomic mass is 35.5. The van der Waals surface area contributed by atoms with Gasteiger partial charge in [0.1, 0.15) is 11.1 Å². The zero-order valence-corrected chi connectivity index (χ0v) is 10.7. The number of para-hydroxylation sites is 1. The van der Waals surface area contributed by atoms with Crippen molar-refractivity contribution in [2.24, 2.45) is 0 Å². The first kappa shape index (κ1) is 11.8. The van der Waals surface area contributed by atoms with E-state index in [1.54, 1.807) is 6.07 Å². The Morgan fingerprint density at radius 2 is 2.18 bits per heavy atom. The molecule has 1 aromatic heterocycles. The van der Waals surface area contributed by atoms with Crippen molar-refractivity contribution < 1.29 is 0 Å². The zero-order valence-electron chi connectivity index (χ0n) is 9.09. The van der Waals surface area contributed by atoms with Crippen LogP contribution in [0.2, 0.25) is 4.47 Å². The SMILES string of the molecule is CN(Cc1nnc(Cl)s1)c1ccccc1C#N. The molecule has 0 aliphatic rings. The second-order valence-electron chi connectivity index (χ2n) is 3.43. The molecule has 0 saturated heterocycles. The van der Waals surface area contributed by atoms with Crippen molar-refractivity contribution in [2.75, 3.05) is 11.9 Å². The Bertz CT molecular complexity index is 561. The first-order valence-corrected chi connectivity index (χ1v) is 6.08. The Kier molecular flexibility index (Phi) is 3.57. The maximum Gasteiger partial charge on any atom is 0.207 e. The summed E-state index contributed by atoms with van der Waals surface area (Å²) in [6.07, 6.45) is 0. The summed E-state index contributed by atoms with van der Waals surface area (Å²) in [5.74, 6) is 0. The van der Waals surface area contributed by atoms with Crippen molar-refractivity contribution in [1.82, 2.24) is 10.2 Å². The molecule has 2 aromatic rings. The fraction of sp³-hybridized carbons (Fsp3) is 0.182. The summed E-state index contributed by atoms with van der Waals surface area (Å²) >= 11 is 7.07. The van der Waals surface area contributed by atoms with Crippen LogP contribution in [0.1, 0.15) is 10.6 Å². The van der Waals surface area contributed by atoms with E-state index < -0.39 is 0 Å². The van der Waals surface area contributed by atoms with E-state index in [4.69, 9.17) is 16.9 Å². The van der Waals surface area contributed by atoms with Gasteiger partial charge >= 0.3 is 0 Å². The van der Waals surface area contributed by atoms with Crippen molar-refractivity contribution in [2.45, 2.75) is 6.54 Å². The molecule has 2 rings (SSSR count). The van der Waals surface area contributed by atoms with E-state index in [0.29, 0.717) is 16.6 Å². The van der Waals surface area contributed by atoms with E-state index in [-0.39, 0.29) is 0 Å². The molecule has 0 saturated carbocycles. The van der Waals surface area contributed by atoms with E-state index in [0.717, 1.165) is 10.7 Å². The highest BCUT2D eigenvalue weighted by molar-refractivity contribution is 7.15. The molecule has 0 amide bonds. The number of hydrogen-bond acceptors (Lipinski definition) is 5. The Morgan fingerprint density at radius 3 is 2.82 bits per heavy atom. The Morgan fingerprint density at radius 1 is 1.41 bits per heavy atom. The minimum Gasteiger partial charge on any atom is -0.367 e. The quantitative estimate of drug-likeness (QED) is 0.855. The van der Waals surface area contributed by atoms with Crippen molar-refractivity contribution in [3.05, 3.63) is 39.3 Å². The average Bonchev–Trinajstić information content (AvgIpc) is 2.74. The van der Waals surface area contributed by atoms with Crippen molar-refractivity contribution in [3.63, 3.8) is 0 Å². The topological polar surface area (TPSA) is 52.8 Å². The summed E-state index contributed by atoms with van der Waals surface area (Å²) in [4.78, 5) is 1.95. The van der Waals surface area contributed by atoms with Crippen LogP contribution in [0.5, 0.6) is 0 Å². The molecular weight excluding hydrogens is 256 g/mol.